The summed E-state index contributed by atoms with van der Waals surface area (Å²) in [5.74, 6) is -1.18. The van der Waals surface area contributed by atoms with Gasteiger partial charge >= 0.3 is 5.97 Å². The Morgan fingerprint density at radius 2 is 1.95 bits per heavy atom. The van der Waals surface area contributed by atoms with Gasteiger partial charge in [0.15, 0.2) is 0 Å². The zero-order valence-electron chi connectivity index (χ0n) is 11.6. The summed E-state index contributed by atoms with van der Waals surface area (Å²) in [6.45, 7) is 2.75. The summed E-state index contributed by atoms with van der Waals surface area (Å²) in [5, 5.41) is 18.4. The topological polar surface area (TPSA) is 96.0 Å². The molecule has 6 heteroatoms. The highest BCUT2D eigenvalue weighted by molar-refractivity contribution is 5.76. The molecule has 0 bridgehead atoms. The summed E-state index contributed by atoms with van der Waals surface area (Å²) < 4.78 is 0.959. The van der Waals surface area contributed by atoms with Gasteiger partial charge in [0.2, 0.25) is 0 Å². The largest absolute Gasteiger partial charge is 0.480 e. The highest BCUT2D eigenvalue weighted by Gasteiger charge is 2.32. The minimum atomic E-state index is -1.48. The standard InChI is InChI=1S/C15H13N3O3/c1-15(2,14(20)21)18-9-17-12(11(8-16)13(18)19)10-6-4-3-5-7-10/h3-7,9H,1-2H3,(H,20,21). The van der Waals surface area contributed by atoms with E-state index in [0.29, 0.717) is 5.56 Å². The number of benzene rings is 1. The lowest BCUT2D eigenvalue weighted by atomic mass is 10.0. The molecule has 21 heavy (non-hydrogen) atoms. The van der Waals surface area contributed by atoms with E-state index >= 15 is 0 Å². The molecule has 0 aliphatic rings. The lowest BCUT2D eigenvalue weighted by molar-refractivity contribution is -0.145. The number of carbonyl (C=O) groups is 1. The number of hydrogen-bond acceptors (Lipinski definition) is 4. The van der Waals surface area contributed by atoms with Crippen molar-refractivity contribution in [2.45, 2.75) is 19.4 Å². The number of nitriles is 1. The lowest BCUT2D eigenvalue weighted by Crippen LogP contribution is -2.43. The van der Waals surface area contributed by atoms with Crippen molar-refractivity contribution in [3.63, 3.8) is 0 Å². The third-order valence-electron chi connectivity index (χ3n) is 3.26. The molecular weight excluding hydrogens is 270 g/mol. The van der Waals surface area contributed by atoms with Gasteiger partial charge in [-0.2, -0.15) is 5.26 Å². The third kappa shape index (κ3) is 2.41. The molecule has 6 nitrogen and oxygen atoms in total. The maximum atomic E-state index is 12.4. The summed E-state index contributed by atoms with van der Waals surface area (Å²) in [4.78, 5) is 27.7. The summed E-state index contributed by atoms with van der Waals surface area (Å²) in [6, 6.07) is 10.6. The van der Waals surface area contributed by atoms with Crippen LogP contribution in [0.4, 0.5) is 0 Å². The van der Waals surface area contributed by atoms with Crippen LogP contribution in [0.15, 0.2) is 41.5 Å². The van der Waals surface area contributed by atoms with E-state index in [2.05, 4.69) is 4.98 Å². The van der Waals surface area contributed by atoms with E-state index in [4.69, 9.17) is 0 Å². The first-order valence-corrected chi connectivity index (χ1v) is 6.20. The van der Waals surface area contributed by atoms with Crippen LogP contribution in [-0.4, -0.2) is 20.6 Å². The molecule has 2 aromatic rings. The van der Waals surface area contributed by atoms with Gasteiger partial charge in [0.05, 0.1) is 12.0 Å². The quantitative estimate of drug-likeness (QED) is 0.923. The van der Waals surface area contributed by atoms with Crippen molar-refractivity contribution < 1.29 is 9.90 Å². The maximum Gasteiger partial charge on any atom is 0.329 e. The Morgan fingerprint density at radius 3 is 2.48 bits per heavy atom. The highest BCUT2D eigenvalue weighted by Crippen LogP contribution is 2.20. The van der Waals surface area contributed by atoms with Crippen molar-refractivity contribution in [1.29, 1.82) is 5.26 Å². The van der Waals surface area contributed by atoms with E-state index < -0.39 is 17.1 Å². The molecule has 1 heterocycles. The van der Waals surface area contributed by atoms with Gasteiger partial charge in [-0.15, -0.1) is 0 Å². The van der Waals surface area contributed by atoms with Gasteiger partial charge in [0, 0.05) is 5.56 Å². The van der Waals surface area contributed by atoms with Gasteiger partial charge in [0.1, 0.15) is 17.2 Å². The molecule has 0 radical (unpaired) electrons. The minimum absolute atomic E-state index is 0.168. The molecule has 0 spiro atoms. The van der Waals surface area contributed by atoms with Gasteiger partial charge in [-0.1, -0.05) is 30.3 Å². The number of aromatic nitrogens is 2. The average Bonchev–Trinajstić information content (AvgIpc) is 2.47. The van der Waals surface area contributed by atoms with E-state index in [9.17, 15) is 20.0 Å². The van der Waals surface area contributed by atoms with E-state index in [1.807, 2.05) is 12.1 Å². The number of rotatable bonds is 3. The molecule has 0 saturated heterocycles. The molecule has 0 amide bonds. The SMILES string of the molecule is CC(C)(C(=O)O)n1cnc(-c2ccccc2)c(C#N)c1=O. The highest BCUT2D eigenvalue weighted by atomic mass is 16.4. The van der Waals surface area contributed by atoms with E-state index in [1.165, 1.54) is 20.2 Å². The first-order valence-electron chi connectivity index (χ1n) is 6.20. The van der Waals surface area contributed by atoms with Gasteiger partial charge in [-0.3, -0.25) is 9.36 Å². The van der Waals surface area contributed by atoms with Crippen LogP contribution in [0, 0.1) is 11.3 Å². The fraction of sp³-hybridized carbons (Fsp3) is 0.200. The van der Waals surface area contributed by atoms with Crippen molar-refractivity contribution >= 4 is 5.97 Å². The number of nitrogens with zero attached hydrogens (tertiary/aromatic N) is 3. The van der Waals surface area contributed by atoms with E-state index in [0.717, 1.165) is 4.57 Å². The number of aliphatic carboxylic acids is 1. The Morgan fingerprint density at radius 1 is 1.33 bits per heavy atom. The van der Waals surface area contributed by atoms with Crippen LogP contribution in [-0.2, 0) is 10.3 Å². The molecule has 0 aliphatic heterocycles. The van der Waals surface area contributed by atoms with Crippen LogP contribution in [0.25, 0.3) is 11.3 Å². The van der Waals surface area contributed by atoms with Gasteiger partial charge in [0.25, 0.3) is 5.56 Å². The van der Waals surface area contributed by atoms with Crippen LogP contribution in [0.3, 0.4) is 0 Å². The zero-order valence-corrected chi connectivity index (χ0v) is 11.6. The fourth-order valence-corrected chi connectivity index (χ4v) is 1.87. The molecule has 0 aliphatic carbocycles. The third-order valence-corrected chi connectivity index (χ3v) is 3.26. The maximum absolute atomic E-state index is 12.4. The molecule has 1 aromatic heterocycles. The second-order valence-corrected chi connectivity index (χ2v) is 4.99. The Labute approximate surface area is 120 Å². The lowest BCUT2D eigenvalue weighted by Gasteiger charge is -2.22. The molecule has 1 aromatic carbocycles. The normalized spacial score (nSPS) is 10.9. The predicted octanol–water partition coefficient (Wildman–Crippen LogP) is 1.60. The van der Waals surface area contributed by atoms with Gasteiger partial charge in [-0.05, 0) is 13.8 Å². The molecule has 106 valence electrons. The fourth-order valence-electron chi connectivity index (χ4n) is 1.87. The average molecular weight is 283 g/mol. The Kier molecular flexibility index (Phi) is 3.59. The molecular formula is C15H13N3O3. The molecule has 0 fully saturated rings. The van der Waals surface area contributed by atoms with E-state index in [-0.39, 0.29) is 11.3 Å². The minimum Gasteiger partial charge on any atom is -0.480 e. The summed E-state index contributed by atoms with van der Waals surface area (Å²) >= 11 is 0. The van der Waals surface area contributed by atoms with Crippen LogP contribution < -0.4 is 5.56 Å². The Bertz CT molecular complexity index is 786. The van der Waals surface area contributed by atoms with Gasteiger partial charge < -0.3 is 5.11 Å². The van der Waals surface area contributed by atoms with Crippen LogP contribution in [0.2, 0.25) is 0 Å². The Hall–Kier alpha value is -2.94. The second-order valence-electron chi connectivity index (χ2n) is 4.99. The van der Waals surface area contributed by atoms with Crippen molar-refractivity contribution in [3.8, 4) is 17.3 Å². The molecule has 0 unspecified atom stereocenters. The first kappa shape index (κ1) is 14.5. The zero-order chi connectivity index (χ0) is 15.6. The van der Waals surface area contributed by atoms with Crippen molar-refractivity contribution in [2.24, 2.45) is 0 Å². The second kappa shape index (κ2) is 5.21. The predicted molar refractivity (Wildman–Crippen MR) is 75.6 cm³/mol. The summed E-state index contributed by atoms with van der Waals surface area (Å²) in [6.07, 6.45) is 1.17. The first-order chi connectivity index (χ1) is 9.89. The number of carboxylic acid groups (broad SMARTS) is 1. The molecule has 0 saturated carbocycles. The van der Waals surface area contributed by atoms with E-state index in [1.54, 1.807) is 24.3 Å². The summed E-state index contributed by atoms with van der Waals surface area (Å²) in [5.41, 5.74) is -1.44. The molecule has 0 atom stereocenters. The van der Waals surface area contributed by atoms with Gasteiger partial charge in [-0.25, -0.2) is 9.78 Å². The molecule has 2 rings (SSSR count). The van der Waals surface area contributed by atoms with Crippen LogP contribution >= 0.6 is 0 Å². The van der Waals surface area contributed by atoms with Crippen LogP contribution in [0.1, 0.15) is 19.4 Å². The van der Waals surface area contributed by atoms with Crippen molar-refractivity contribution in [1.82, 2.24) is 9.55 Å². The number of hydrogen-bond donors (Lipinski definition) is 1. The van der Waals surface area contributed by atoms with Crippen LogP contribution in [0.5, 0.6) is 0 Å². The monoisotopic (exact) mass is 283 g/mol. The van der Waals surface area contributed by atoms with Crippen molar-refractivity contribution in [3.05, 3.63) is 52.6 Å². The smallest absolute Gasteiger partial charge is 0.329 e. The summed E-state index contributed by atoms with van der Waals surface area (Å²) in [7, 11) is 0. The van der Waals surface area contributed by atoms with Crippen molar-refractivity contribution in [2.75, 3.05) is 0 Å². The molecule has 1 N–H and O–H groups in total. The Balaban J connectivity index is 2.72. The number of carboxylic acids is 1.